The second kappa shape index (κ2) is 5.70. The van der Waals surface area contributed by atoms with Crippen molar-refractivity contribution >= 4 is 5.69 Å². The van der Waals surface area contributed by atoms with Gasteiger partial charge in [0.2, 0.25) is 0 Å². The maximum Gasteiger partial charge on any atom is 0.123 e. The zero-order chi connectivity index (χ0) is 14.9. The number of hydrogen-bond donors (Lipinski definition) is 1. The number of halogens is 1. The van der Waals surface area contributed by atoms with Crippen molar-refractivity contribution in [2.75, 3.05) is 32.6 Å². The monoisotopic (exact) mass is 280 g/mol. The highest BCUT2D eigenvalue weighted by Crippen LogP contribution is 2.38. The van der Waals surface area contributed by atoms with Crippen LogP contribution in [0.2, 0.25) is 0 Å². The first-order chi connectivity index (χ1) is 9.35. The smallest absolute Gasteiger partial charge is 0.123 e. The minimum absolute atomic E-state index is 0.207. The van der Waals surface area contributed by atoms with Gasteiger partial charge >= 0.3 is 0 Å². The van der Waals surface area contributed by atoms with E-state index in [4.69, 9.17) is 0 Å². The molecule has 0 saturated heterocycles. The van der Waals surface area contributed by atoms with Crippen molar-refractivity contribution in [3.8, 4) is 0 Å². The van der Waals surface area contributed by atoms with Crippen molar-refractivity contribution in [1.82, 2.24) is 4.90 Å². The van der Waals surface area contributed by atoms with E-state index >= 15 is 0 Å². The van der Waals surface area contributed by atoms with Gasteiger partial charge < -0.3 is 14.9 Å². The van der Waals surface area contributed by atoms with Crippen LogP contribution in [-0.4, -0.2) is 43.2 Å². The van der Waals surface area contributed by atoms with E-state index < -0.39 is 6.10 Å². The Labute approximate surface area is 121 Å². The Bertz CT molecular complexity index is 470. The molecule has 0 spiro atoms. The fourth-order valence-corrected chi connectivity index (χ4v) is 3.07. The molecule has 1 aliphatic rings. The molecule has 0 heterocycles. The second-order valence-electron chi connectivity index (χ2n) is 6.21. The molecule has 0 amide bonds. The molecule has 0 radical (unpaired) electrons. The largest absolute Gasteiger partial charge is 0.389 e. The minimum atomic E-state index is -0.667. The first kappa shape index (κ1) is 15.3. The van der Waals surface area contributed by atoms with Crippen LogP contribution in [0.3, 0.4) is 0 Å². The number of aliphatic hydroxyl groups excluding tert-OH is 1. The number of benzene rings is 1. The van der Waals surface area contributed by atoms with E-state index in [1.807, 2.05) is 7.05 Å². The summed E-state index contributed by atoms with van der Waals surface area (Å²) in [6.45, 7) is 2.57. The van der Waals surface area contributed by atoms with Crippen LogP contribution < -0.4 is 4.90 Å². The van der Waals surface area contributed by atoms with Crippen molar-refractivity contribution < 1.29 is 9.50 Å². The van der Waals surface area contributed by atoms with E-state index in [9.17, 15) is 9.50 Å². The second-order valence-corrected chi connectivity index (χ2v) is 6.21. The molecule has 4 heteroatoms. The third kappa shape index (κ3) is 2.81. The predicted molar refractivity (Wildman–Crippen MR) is 80.6 cm³/mol. The summed E-state index contributed by atoms with van der Waals surface area (Å²) in [7, 11) is 6.25. The van der Waals surface area contributed by atoms with Gasteiger partial charge in [0.15, 0.2) is 0 Å². The predicted octanol–water partition coefficient (Wildman–Crippen LogP) is 2.80. The molecule has 0 bridgehead atoms. The van der Waals surface area contributed by atoms with E-state index in [1.165, 1.54) is 31.4 Å². The average molecular weight is 280 g/mol. The molecule has 0 aliphatic heterocycles. The zero-order valence-electron chi connectivity index (χ0n) is 12.9. The van der Waals surface area contributed by atoms with Crippen LogP contribution in [0.25, 0.3) is 0 Å². The Morgan fingerprint density at radius 1 is 1.30 bits per heavy atom. The van der Waals surface area contributed by atoms with E-state index in [2.05, 4.69) is 23.9 Å². The van der Waals surface area contributed by atoms with Gasteiger partial charge in [0.05, 0.1) is 6.10 Å². The highest BCUT2D eigenvalue weighted by molar-refractivity contribution is 5.54. The quantitative estimate of drug-likeness (QED) is 0.898. The van der Waals surface area contributed by atoms with Gasteiger partial charge in [-0.1, -0.05) is 0 Å². The Balaban J connectivity index is 2.23. The number of aliphatic hydroxyl groups is 1. The zero-order valence-corrected chi connectivity index (χ0v) is 12.9. The van der Waals surface area contributed by atoms with Crippen LogP contribution in [0.1, 0.15) is 37.9 Å². The van der Waals surface area contributed by atoms with Gasteiger partial charge in [0, 0.05) is 30.4 Å². The minimum Gasteiger partial charge on any atom is -0.389 e. The van der Waals surface area contributed by atoms with Gasteiger partial charge in [-0.15, -0.1) is 0 Å². The van der Waals surface area contributed by atoms with Gasteiger partial charge in [-0.05, 0) is 58.5 Å². The summed E-state index contributed by atoms with van der Waals surface area (Å²) >= 11 is 0. The highest BCUT2D eigenvalue weighted by atomic mass is 19.1. The summed E-state index contributed by atoms with van der Waals surface area (Å²) in [4.78, 5) is 4.43. The fourth-order valence-electron chi connectivity index (χ4n) is 3.07. The standard InChI is InChI=1S/C16H25FN2O/c1-12(20)14-10-13(17)6-7-15(14)19(4)11-16(18(2)3)8-5-9-16/h6-7,10,12,20H,5,8-9,11H2,1-4H3. The normalized spacial score (nSPS) is 18.8. The highest BCUT2D eigenvalue weighted by Gasteiger charge is 2.40. The van der Waals surface area contributed by atoms with E-state index in [0.717, 1.165) is 12.2 Å². The number of likely N-dealkylation sites (N-methyl/N-ethyl adjacent to an activating group) is 2. The van der Waals surface area contributed by atoms with Crippen LogP contribution in [0, 0.1) is 5.82 Å². The SMILES string of the molecule is CC(O)c1cc(F)ccc1N(C)CC1(N(C)C)CCC1. The summed E-state index contributed by atoms with van der Waals surface area (Å²) in [5, 5.41) is 9.85. The van der Waals surface area contributed by atoms with Crippen molar-refractivity contribution in [1.29, 1.82) is 0 Å². The summed E-state index contributed by atoms with van der Waals surface area (Å²) < 4.78 is 13.4. The molecule has 2 rings (SSSR count). The van der Waals surface area contributed by atoms with Gasteiger partial charge in [-0.3, -0.25) is 0 Å². The maximum atomic E-state index is 13.4. The lowest BCUT2D eigenvalue weighted by atomic mass is 9.75. The van der Waals surface area contributed by atoms with Gasteiger partial charge in [0.25, 0.3) is 0 Å². The van der Waals surface area contributed by atoms with Crippen molar-refractivity contribution in [2.45, 2.75) is 37.8 Å². The third-order valence-corrected chi connectivity index (χ3v) is 4.62. The Morgan fingerprint density at radius 2 is 1.95 bits per heavy atom. The Hall–Kier alpha value is -1.13. The van der Waals surface area contributed by atoms with Crippen molar-refractivity contribution in [3.05, 3.63) is 29.6 Å². The molecule has 1 fully saturated rings. The Kier molecular flexibility index (Phi) is 4.35. The lowest BCUT2D eigenvalue weighted by Crippen LogP contribution is -2.56. The first-order valence-corrected chi connectivity index (χ1v) is 7.22. The number of anilines is 1. The maximum absolute atomic E-state index is 13.4. The summed E-state index contributed by atoms with van der Waals surface area (Å²) in [6.07, 6.45) is 2.98. The molecule has 1 aromatic rings. The molecule has 1 aromatic carbocycles. The molecule has 3 nitrogen and oxygen atoms in total. The van der Waals surface area contributed by atoms with Crippen molar-refractivity contribution in [3.63, 3.8) is 0 Å². The van der Waals surface area contributed by atoms with Gasteiger partial charge in [-0.2, -0.15) is 0 Å². The Morgan fingerprint density at radius 3 is 2.40 bits per heavy atom. The van der Waals surface area contributed by atoms with Crippen LogP contribution in [0.15, 0.2) is 18.2 Å². The van der Waals surface area contributed by atoms with Gasteiger partial charge in [0.1, 0.15) is 5.82 Å². The molecule has 1 unspecified atom stereocenters. The molecule has 112 valence electrons. The molecular formula is C16H25FN2O. The fraction of sp³-hybridized carbons (Fsp3) is 0.625. The molecule has 20 heavy (non-hydrogen) atoms. The first-order valence-electron chi connectivity index (χ1n) is 7.22. The molecule has 0 aromatic heterocycles. The molecular weight excluding hydrogens is 255 g/mol. The van der Waals surface area contributed by atoms with Crippen LogP contribution >= 0.6 is 0 Å². The number of nitrogens with zero attached hydrogens (tertiary/aromatic N) is 2. The summed E-state index contributed by atoms with van der Waals surface area (Å²) in [5.41, 5.74) is 1.77. The molecule has 1 atom stereocenters. The number of rotatable bonds is 5. The topological polar surface area (TPSA) is 26.7 Å². The van der Waals surface area contributed by atoms with E-state index in [1.54, 1.807) is 13.0 Å². The van der Waals surface area contributed by atoms with Crippen LogP contribution in [0.4, 0.5) is 10.1 Å². The lowest BCUT2D eigenvalue weighted by molar-refractivity contribution is 0.0682. The van der Waals surface area contributed by atoms with Crippen LogP contribution in [0.5, 0.6) is 0 Å². The lowest BCUT2D eigenvalue weighted by Gasteiger charge is -2.49. The van der Waals surface area contributed by atoms with Crippen LogP contribution in [-0.2, 0) is 0 Å². The third-order valence-electron chi connectivity index (χ3n) is 4.62. The summed E-state index contributed by atoms with van der Waals surface area (Å²) in [5.74, 6) is -0.302. The van der Waals surface area contributed by atoms with E-state index in [-0.39, 0.29) is 11.4 Å². The number of hydrogen-bond acceptors (Lipinski definition) is 3. The molecule has 1 saturated carbocycles. The van der Waals surface area contributed by atoms with Crippen molar-refractivity contribution in [2.24, 2.45) is 0 Å². The molecule has 1 aliphatic carbocycles. The summed E-state index contributed by atoms with van der Waals surface area (Å²) in [6, 6.07) is 4.65. The average Bonchev–Trinajstić information content (AvgIpc) is 2.32. The molecule has 1 N–H and O–H groups in total. The van der Waals surface area contributed by atoms with E-state index in [0.29, 0.717) is 5.56 Å². The van der Waals surface area contributed by atoms with Gasteiger partial charge in [-0.25, -0.2) is 4.39 Å².